The predicted octanol–water partition coefficient (Wildman–Crippen LogP) is 3.00. The van der Waals surface area contributed by atoms with Crippen LogP contribution in [0, 0.1) is 0 Å². The molecular weight excluding hydrogens is 246 g/mol. The second-order valence-corrected chi connectivity index (χ2v) is 4.02. The van der Waals surface area contributed by atoms with Gasteiger partial charge in [-0.2, -0.15) is 0 Å². The number of rotatable bonds is 0. The molecular formula is C10H6BrNO2. The first-order valence-electron chi connectivity index (χ1n) is 4.21. The highest BCUT2D eigenvalue weighted by Crippen LogP contribution is 2.38. The van der Waals surface area contributed by atoms with Crippen molar-refractivity contribution in [1.29, 1.82) is 0 Å². The lowest BCUT2D eigenvalue weighted by Gasteiger charge is -2.15. The molecule has 0 amide bonds. The average Bonchev–Trinajstić information content (AvgIpc) is 2.65. The van der Waals surface area contributed by atoms with Crippen LogP contribution in [0.2, 0.25) is 0 Å². The maximum atomic E-state index is 5.54. The Kier molecular flexibility index (Phi) is 1.64. The summed E-state index contributed by atoms with van der Waals surface area (Å²) in [4.78, 5) is 0. The molecule has 0 saturated carbocycles. The molecule has 14 heavy (non-hydrogen) atoms. The fraction of sp³-hybridized carbons (Fsp3) is 0.100. The van der Waals surface area contributed by atoms with Crippen molar-refractivity contribution in [2.45, 2.75) is 6.61 Å². The first-order valence-corrected chi connectivity index (χ1v) is 5.00. The van der Waals surface area contributed by atoms with Crippen LogP contribution in [-0.4, -0.2) is 5.16 Å². The van der Waals surface area contributed by atoms with Crippen LogP contribution in [0.25, 0.3) is 11.3 Å². The molecule has 1 aliphatic heterocycles. The molecule has 3 rings (SSSR count). The number of fused-ring (bicyclic) bond motifs is 3. The Balaban J connectivity index is 2.28. The summed E-state index contributed by atoms with van der Waals surface area (Å²) >= 11 is 3.41. The lowest BCUT2D eigenvalue weighted by molar-refractivity contribution is 0.297. The van der Waals surface area contributed by atoms with Crippen molar-refractivity contribution in [2.75, 3.05) is 0 Å². The molecule has 4 heteroatoms. The van der Waals surface area contributed by atoms with Crippen molar-refractivity contribution in [2.24, 2.45) is 0 Å². The summed E-state index contributed by atoms with van der Waals surface area (Å²) < 4.78 is 11.7. The number of aromatic nitrogens is 1. The molecule has 0 fully saturated rings. The van der Waals surface area contributed by atoms with Gasteiger partial charge in [0.25, 0.3) is 0 Å². The molecule has 0 unspecified atom stereocenters. The van der Waals surface area contributed by atoms with Crippen molar-refractivity contribution in [3.8, 4) is 17.1 Å². The second-order valence-electron chi connectivity index (χ2n) is 3.11. The number of benzene rings is 1. The summed E-state index contributed by atoms with van der Waals surface area (Å²) in [6.07, 6.45) is 1.69. The van der Waals surface area contributed by atoms with Crippen LogP contribution in [0.4, 0.5) is 0 Å². The van der Waals surface area contributed by atoms with E-state index in [-0.39, 0.29) is 0 Å². The van der Waals surface area contributed by atoms with Gasteiger partial charge in [-0.15, -0.1) is 0 Å². The molecule has 0 spiro atoms. The highest BCUT2D eigenvalue weighted by Gasteiger charge is 2.21. The Bertz CT molecular complexity index is 493. The van der Waals surface area contributed by atoms with Crippen molar-refractivity contribution in [1.82, 2.24) is 5.16 Å². The van der Waals surface area contributed by atoms with Crippen molar-refractivity contribution >= 4 is 15.9 Å². The minimum atomic E-state index is 0.535. The van der Waals surface area contributed by atoms with Gasteiger partial charge in [0.15, 0.2) is 5.76 Å². The number of ether oxygens (including phenoxy) is 1. The average molecular weight is 252 g/mol. The molecule has 0 atom stereocenters. The van der Waals surface area contributed by atoms with E-state index in [1.807, 2.05) is 18.2 Å². The fourth-order valence-corrected chi connectivity index (χ4v) is 1.91. The molecule has 1 aromatic carbocycles. The van der Waals surface area contributed by atoms with Gasteiger partial charge < -0.3 is 9.26 Å². The minimum absolute atomic E-state index is 0.535. The van der Waals surface area contributed by atoms with Gasteiger partial charge in [0.05, 0.1) is 17.3 Å². The lowest BCUT2D eigenvalue weighted by atomic mass is 10.1. The molecule has 3 nitrogen and oxygen atoms in total. The van der Waals surface area contributed by atoms with Crippen LogP contribution in [0.15, 0.2) is 33.4 Å². The number of hydrogen-bond acceptors (Lipinski definition) is 3. The van der Waals surface area contributed by atoms with E-state index in [9.17, 15) is 0 Å². The third-order valence-electron chi connectivity index (χ3n) is 2.21. The maximum absolute atomic E-state index is 5.54. The van der Waals surface area contributed by atoms with Crippen LogP contribution < -0.4 is 4.74 Å². The quantitative estimate of drug-likeness (QED) is 0.722. The van der Waals surface area contributed by atoms with E-state index in [0.29, 0.717) is 6.61 Å². The standard InChI is InChI=1S/C10H6BrNO2/c11-7-1-2-9-8(3-7)10-6(5-13-9)4-12-14-10/h1-4H,5H2. The van der Waals surface area contributed by atoms with Crippen molar-refractivity contribution < 1.29 is 9.26 Å². The summed E-state index contributed by atoms with van der Waals surface area (Å²) in [5.74, 6) is 1.66. The smallest absolute Gasteiger partial charge is 0.177 e. The van der Waals surface area contributed by atoms with E-state index in [0.717, 1.165) is 27.1 Å². The van der Waals surface area contributed by atoms with E-state index >= 15 is 0 Å². The van der Waals surface area contributed by atoms with Crippen LogP contribution >= 0.6 is 15.9 Å². The van der Waals surface area contributed by atoms with E-state index in [1.165, 1.54) is 0 Å². The second kappa shape index (κ2) is 2.85. The van der Waals surface area contributed by atoms with Crippen LogP contribution in [0.5, 0.6) is 5.75 Å². The molecule has 0 bridgehead atoms. The highest BCUT2D eigenvalue weighted by molar-refractivity contribution is 9.10. The Morgan fingerprint density at radius 3 is 3.21 bits per heavy atom. The topological polar surface area (TPSA) is 35.3 Å². The largest absolute Gasteiger partial charge is 0.488 e. The Labute approximate surface area is 88.8 Å². The molecule has 1 aromatic heterocycles. The summed E-state index contributed by atoms with van der Waals surface area (Å²) in [7, 11) is 0. The molecule has 1 aliphatic rings. The zero-order valence-electron chi connectivity index (χ0n) is 7.16. The van der Waals surface area contributed by atoms with Gasteiger partial charge in [-0.25, -0.2) is 0 Å². The lowest BCUT2D eigenvalue weighted by Crippen LogP contribution is -2.02. The summed E-state index contributed by atoms with van der Waals surface area (Å²) in [5.41, 5.74) is 1.95. The third-order valence-corrected chi connectivity index (χ3v) is 2.71. The van der Waals surface area contributed by atoms with Gasteiger partial charge in [0.2, 0.25) is 0 Å². The van der Waals surface area contributed by atoms with Gasteiger partial charge in [-0.05, 0) is 18.2 Å². The number of hydrogen-bond donors (Lipinski definition) is 0. The maximum Gasteiger partial charge on any atom is 0.177 e. The predicted molar refractivity (Wildman–Crippen MR) is 54.0 cm³/mol. The molecule has 0 aliphatic carbocycles. The summed E-state index contributed by atoms with van der Waals surface area (Å²) in [6.45, 7) is 0.535. The highest BCUT2D eigenvalue weighted by atomic mass is 79.9. The van der Waals surface area contributed by atoms with E-state index in [2.05, 4.69) is 21.1 Å². The molecule has 0 radical (unpaired) electrons. The van der Waals surface area contributed by atoms with Gasteiger partial charge >= 0.3 is 0 Å². The zero-order valence-corrected chi connectivity index (χ0v) is 8.74. The fourth-order valence-electron chi connectivity index (χ4n) is 1.55. The van der Waals surface area contributed by atoms with Crippen LogP contribution in [-0.2, 0) is 6.61 Å². The molecule has 0 saturated heterocycles. The number of nitrogens with zero attached hydrogens (tertiary/aromatic N) is 1. The van der Waals surface area contributed by atoms with Crippen LogP contribution in [0.1, 0.15) is 5.56 Å². The zero-order chi connectivity index (χ0) is 9.54. The Morgan fingerprint density at radius 1 is 1.36 bits per heavy atom. The van der Waals surface area contributed by atoms with E-state index < -0.39 is 0 Å². The molecule has 0 N–H and O–H groups in total. The third kappa shape index (κ3) is 1.07. The van der Waals surface area contributed by atoms with Gasteiger partial charge in [0, 0.05) is 4.47 Å². The van der Waals surface area contributed by atoms with Crippen molar-refractivity contribution in [3.63, 3.8) is 0 Å². The number of halogens is 1. The first-order chi connectivity index (χ1) is 6.84. The molecule has 70 valence electrons. The summed E-state index contributed by atoms with van der Waals surface area (Å²) in [6, 6.07) is 5.84. The van der Waals surface area contributed by atoms with Gasteiger partial charge in [-0.3, -0.25) is 0 Å². The normalized spacial score (nSPS) is 12.9. The summed E-state index contributed by atoms with van der Waals surface area (Å²) in [5, 5.41) is 3.76. The SMILES string of the molecule is Brc1ccc2c(c1)-c1oncc1CO2. The minimum Gasteiger partial charge on any atom is -0.488 e. The van der Waals surface area contributed by atoms with Crippen LogP contribution in [0.3, 0.4) is 0 Å². The van der Waals surface area contributed by atoms with Gasteiger partial charge in [0.1, 0.15) is 12.4 Å². The Hall–Kier alpha value is -1.29. The molecule has 2 heterocycles. The molecule has 2 aromatic rings. The van der Waals surface area contributed by atoms with E-state index in [4.69, 9.17) is 9.26 Å². The van der Waals surface area contributed by atoms with E-state index in [1.54, 1.807) is 6.20 Å². The first kappa shape index (κ1) is 8.05. The Morgan fingerprint density at radius 2 is 2.29 bits per heavy atom. The van der Waals surface area contributed by atoms with Gasteiger partial charge in [-0.1, -0.05) is 21.1 Å². The van der Waals surface area contributed by atoms with Crippen molar-refractivity contribution in [3.05, 3.63) is 34.4 Å². The monoisotopic (exact) mass is 251 g/mol.